The third-order valence-corrected chi connectivity index (χ3v) is 6.82. The Labute approximate surface area is 210 Å². The van der Waals surface area contributed by atoms with E-state index in [1.165, 1.54) is 5.56 Å². The van der Waals surface area contributed by atoms with E-state index in [-0.39, 0.29) is 5.95 Å². The molecule has 1 saturated heterocycles. The highest BCUT2D eigenvalue weighted by Gasteiger charge is 2.23. The molecule has 4 aromatic rings. The number of methoxy groups -OCH3 is 1. The van der Waals surface area contributed by atoms with E-state index in [1.807, 2.05) is 23.9 Å². The lowest BCUT2D eigenvalue weighted by Crippen LogP contribution is -2.37. The smallest absolute Gasteiger partial charge is 0.222 e. The van der Waals surface area contributed by atoms with Gasteiger partial charge in [0.2, 0.25) is 5.95 Å². The molecule has 11 nitrogen and oxygen atoms in total. The molecule has 0 atom stereocenters. The van der Waals surface area contributed by atoms with Gasteiger partial charge in [0.25, 0.3) is 0 Å². The van der Waals surface area contributed by atoms with Gasteiger partial charge in [0.1, 0.15) is 33.9 Å². The van der Waals surface area contributed by atoms with Gasteiger partial charge in [-0.3, -0.25) is 9.67 Å². The molecule has 4 aromatic heterocycles. The van der Waals surface area contributed by atoms with Crippen molar-refractivity contribution in [3.05, 3.63) is 47.2 Å². The molecule has 1 aliphatic rings. The Morgan fingerprint density at radius 2 is 2.00 bits per heavy atom. The fourth-order valence-electron chi connectivity index (χ4n) is 4.83. The van der Waals surface area contributed by atoms with Gasteiger partial charge in [-0.25, -0.2) is 4.98 Å². The van der Waals surface area contributed by atoms with E-state index >= 15 is 0 Å². The first-order valence-corrected chi connectivity index (χ1v) is 12.3. The van der Waals surface area contributed by atoms with Crippen LogP contribution in [0, 0.1) is 6.92 Å². The summed E-state index contributed by atoms with van der Waals surface area (Å²) in [7, 11) is 1.68. The van der Waals surface area contributed by atoms with Crippen molar-refractivity contribution < 1.29 is 9.26 Å². The van der Waals surface area contributed by atoms with E-state index in [2.05, 4.69) is 50.4 Å². The Balaban J connectivity index is 1.38. The van der Waals surface area contributed by atoms with Crippen molar-refractivity contribution in [2.75, 3.05) is 31.2 Å². The number of hydrogen-bond donors (Lipinski definition) is 2. The maximum atomic E-state index is 5.95. The van der Waals surface area contributed by atoms with Gasteiger partial charge in [0, 0.05) is 18.3 Å². The van der Waals surface area contributed by atoms with Crippen LogP contribution in [0.25, 0.3) is 11.0 Å². The molecule has 5 rings (SSSR count). The number of nitrogen functional groups attached to an aromatic ring is 1. The molecule has 1 fully saturated rings. The second-order valence-electron chi connectivity index (χ2n) is 9.57. The maximum Gasteiger partial charge on any atom is 0.222 e. The molecule has 0 aliphatic carbocycles. The van der Waals surface area contributed by atoms with Crippen LogP contribution in [0.15, 0.2) is 29.0 Å². The summed E-state index contributed by atoms with van der Waals surface area (Å²) in [6.07, 6.45) is 5.93. The molecule has 0 radical (unpaired) electrons. The lowest BCUT2D eigenvalue weighted by Gasteiger charge is -2.34. The summed E-state index contributed by atoms with van der Waals surface area (Å²) < 4.78 is 12.7. The lowest BCUT2D eigenvalue weighted by molar-refractivity contribution is 0.171. The first kappa shape index (κ1) is 24.0. The zero-order valence-electron chi connectivity index (χ0n) is 21.2. The summed E-state index contributed by atoms with van der Waals surface area (Å²) in [5.74, 6) is 2.74. The van der Waals surface area contributed by atoms with E-state index in [0.29, 0.717) is 36.4 Å². The number of likely N-dealkylation sites (tertiary alicyclic amines) is 1. The molecule has 3 N–H and O–H groups in total. The number of piperidine rings is 1. The molecule has 0 aromatic carbocycles. The van der Waals surface area contributed by atoms with Crippen LogP contribution in [0.1, 0.15) is 55.3 Å². The van der Waals surface area contributed by atoms with Gasteiger partial charge in [0.05, 0.1) is 26.4 Å². The van der Waals surface area contributed by atoms with Crippen molar-refractivity contribution in [2.24, 2.45) is 0 Å². The Kier molecular flexibility index (Phi) is 6.73. The third-order valence-electron chi connectivity index (χ3n) is 6.82. The molecule has 0 unspecified atom stereocenters. The molecular weight excluding hydrogens is 458 g/mol. The Hall–Kier alpha value is -3.73. The minimum absolute atomic E-state index is 0.171. The molecule has 36 heavy (non-hydrogen) atoms. The average molecular weight is 492 g/mol. The molecule has 11 heteroatoms. The fourth-order valence-corrected chi connectivity index (χ4v) is 4.83. The van der Waals surface area contributed by atoms with Gasteiger partial charge in [0.15, 0.2) is 5.82 Å². The van der Waals surface area contributed by atoms with Crippen molar-refractivity contribution in [1.29, 1.82) is 0 Å². The summed E-state index contributed by atoms with van der Waals surface area (Å²) in [5, 5.41) is 11.9. The normalized spacial score (nSPS) is 15.1. The predicted octanol–water partition coefficient (Wildman–Crippen LogP) is 3.36. The monoisotopic (exact) mass is 491 g/mol. The van der Waals surface area contributed by atoms with Gasteiger partial charge >= 0.3 is 0 Å². The van der Waals surface area contributed by atoms with Crippen molar-refractivity contribution in [3.8, 4) is 5.75 Å². The van der Waals surface area contributed by atoms with Crippen LogP contribution in [0.4, 0.5) is 11.8 Å². The predicted molar refractivity (Wildman–Crippen MR) is 137 cm³/mol. The van der Waals surface area contributed by atoms with Crippen LogP contribution in [-0.2, 0) is 13.1 Å². The van der Waals surface area contributed by atoms with E-state index in [9.17, 15) is 0 Å². The number of aromatic nitrogens is 6. The number of nitrogens with zero attached hydrogens (tertiary/aromatic N) is 7. The van der Waals surface area contributed by atoms with Crippen molar-refractivity contribution in [3.63, 3.8) is 0 Å². The molecule has 0 bridgehead atoms. The quantitative estimate of drug-likeness (QED) is 0.378. The minimum atomic E-state index is 0.171. The van der Waals surface area contributed by atoms with Gasteiger partial charge in [-0.05, 0) is 64.3 Å². The Bertz CT molecular complexity index is 1340. The van der Waals surface area contributed by atoms with Gasteiger partial charge in [-0.1, -0.05) is 5.16 Å². The van der Waals surface area contributed by atoms with E-state index in [0.717, 1.165) is 54.3 Å². The van der Waals surface area contributed by atoms with Crippen LogP contribution in [0.2, 0.25) is 0 Å². The molecule has 0 amide bonds. The van der Waals surface area contributed by atoms with Crippen LogP contribution in [0.3, 0.4) is 0 Å². The molecule has 5 heterocycles. The number of aryl methyl sites for hydroxylation is 1. The molecular formula is C25H33N9O2. The van der Waals surface area contributed by atoms with E-state index < -0.39 is 0 Å². The number of anilines is 2. The summed E-state index contributed by atoms with van der Waals surface area (Å²) in [6.45, 7) is 9.43. The molecule has 1 aliphatic heterocycles. The highest BCUT2D eigenvalue weighted by molar-refractivity contribution is 5.86. The average Bonchev–Trinajstić information content (AvgIpc) is 3.48. The SMILES string of the molecule is COc1cc(C2CCN(C(C)C)CC2)cnc1Cn1ncc2nc(N)nc(NCc3cc(C)on3)c21. The van der Waals surface area contributed by atoms with Crippen molar-refractivity contribution in [1.82, 2.24) is 34.8 Å². The van der Waals surface area contributed by atoms with E-state index in [4.69, 9.17) is 20.0 Å². The first-order valence-electron chi connectivity index (χ1n) is 12.3. The van der Waals surface area contributed by atoms with Gasteiger partial charge in [-0.15, -0.1) is 0 Å². The number of nitrogens with two attached hydrogens (primary N) is 1. The molecule has 0 spiro atoms. The van der Waals surface area contributed by atoms with Gasteiger partial charge < -0.3 is 25.2 Å². The van der Waals surface area contributed by atoms with Crippen LogP contribution < -0.4 is 15.8 Å². The summed E-state index contributed by atoms with van der Waals surface area (Å²) in [4.78, 5) is 16.1. The third kappa shape index (κ3) is 4.97. The van der Waals surface area contributed by atoms with Crippen LogP contribution in [-0.4, -0.2) is 61.0 Å². The molecule has 190 valence electrons. The first-order chi connectivity index (χ1) is 17.4. The fraction of sp³-hybridized carbons (Fsp3) is 0.480. The number of hydrogen-bond acceptors (Lipinski definition) is 10. The largest absolute Gasteiger partial charge is 0.495 e. The number of fused-ring (bicyclic) bond motifs is 1. The second kappa shape index (κ2) is 10.1. The number of ether oxygens (including phenoxy) is 1. The number of nitrogens with one attached hydrogen (secondary N) is 1. The summed E-state index contributed by atoms with van der Waals surface area (Å²) in [5.41, 5.74) is 10.1. The van der Waals surface area contributed by atoms with Crippen molar-refractivity contribution in [2.45, 2.75) is 58.7 Å². The highest BCUT2D eigenvalue weighted by Crippen LogP contribution is 2.32. The lowest BCUT2D eigenvalue weighted by atomic mass is 9.89. The standard InChI is InChI=1S/C25H33N9O2/c1-15(2)33-7-5-17(6-8-33)18-10-22(35-4)21(27-11-18)14-34-23-20(13-29-34)30-25(26)31-24(23)28-12-19-9-16(3)36-32-19/h9-11,13,15,17H,5-8,12,14H2,1-4H3,(H3,26,28,30,31). The molecule has 0 saturated carbocycles. The van der Waals surface area contributed by atoms with Crippen LogP contribution >= 0.6 is 0 Å². The van der Waals surface area contributed by atoms with Crippen molar-refractivity contribution >= 4 is 22.8 Å². The Morgan fingerprint density at radius 3 is 2.69 bits per heavy atom. The summed E-state index contributed by atoms with van der Waals surface area (Å²) >= 11 is 0. The zero-order chi connectivity index (χ0) is 25.2. The number of rotatable bonds is 8. The Morgan fingerprint density at radius 1 is 1.19 bits per heavy atom. The van der Waals surface area contributed by atoms with Gasteiger partial charge in [-0.2, -0.15) is 10.1 Å². The number of pyridine rings is 1. The van der Waals surface area contributed by atoms with E-state index in [1.54, 1.807) is 13.3 Å². The summed E-state index contributed by atoms with van der Waals surface area (Å²) in [6, 6.07) is 4.59. The zero-order valence-corrected chi connectivity index (χ0v) is 21.2. The second-order valence-corrected chi connectivity index (χ2v) is 9.57. The highest BCUT2D eigenvalue weighted by atomic mass is 16.5. The van der Waals surface area contributed by atoms with Crippen LogP contribution in [0.5, 0.6) is 5.75 Å². The topological polar surface area (TPSA) is 133 Å². The maximum absolute atomic E-state index is 5.95. The minimum Gasteiger partial charge on any atom is -0.495 e.